The molecule has 0 amide bonds. The molecule has 0 saturated carbocycles. The molecule has 0 aliphatic rings. The van der Waals surface area contributed by atoms with E-state index in [1.807, 2.05) is 24.4 Å². The number of nitrogens with zero attached hydrogens (tertiary/aromatic N) is 2. The Labute approximate surface area is 127 Å². The number of ether oxygens (including phenoxy) is 1. The highest BCUT2D eigenvalue weighted by Gasteiger charge is 2.16. The van der Waals surface area contributed by atoms with E-state index in [9.17, 15) is 0 Å². The van der Waals surface area contributed by atoms with Crippen LogP contribution in [0.4, 0.5) is 0 Å². The van der Waals surface area contributed by atoms with Crippen molar-refractivity contribution in [2.45, 2.75) is 19.4 Å². The molecule has 2 aromatic rings. The number of halogens is 1. The third-order valence-electron chi connectivity index (χ3n) is 3.06. The van der Waals surface area contributed by atoms with Crippen molar-refractivity contribution in [1.82, 2.24) is 15.3 Å². The zero-order chi connectivity index (χ0) is 14.4. The first-order valence-electron chi connectivity index (χ1n) is 6.56. The lowest BCUT2D eigenvalue weighted by atomic mass is 10.0. The molecule has 1 unspecified atom stereocenters. The van der Waals surface area contributed by atoms with Gasteiger partial charge in [-0.25, -0.2) is 0 Å². The number of likely N-dealkylation sites (N-methyl/N-ethyl adjacent to an activating group) is 1. The van der Waals surface area contributed by atoms with Gasteiger partial charge < -0.3 is 10.1 Å². The zero-order valence-corrected chi connectivity index (χ0v) is 13.2. The second kappa shape index (κ2) is 7.36. The zero-order valence-electron chi connectivity index (χ0n) is 11.6. The Morgan fingerprint density at radius 1 is 1.30 bits per heavy atom. The first-order valence-corrected chi connectivity index (χ1v) is 7.35. The van der Waals surface area contributed by atoms with Crippen LogP contribution in [0.5, 0.6) is 5.75 Å². The molecule has 4 nitrogen and oxygen atoms in total. The van der Waals surface area contributed by atoms with Gasteiger partial charge in [0.05, 0.1) is 13.3 Å². The fourth-order valence-electron chi connectivity index (χ4n) is 2.12. The summed E-state index contributed by atoms with van der Waals surface area (Å²) in [6.07, 6.45) is 6.16. The molecular formula is C15H18BrN3O. The van der Waals surface area contributed by atoms with E-state index in [0.29, 0.717) is 0 Å². The summed E-state index contributed by atoms with van der Waals surface area (Å²) >= 11 is 3.40. The van der Waals surface area contributed by atoms with E-state index in [2.05, 4.69) is 38.1 Å². The van der Waals surface area contributed by atoms with Gasteiger partial charge in [0.25, 0.3) is 0 Å². The minimum absolute atomic E-state index is 0.159. The largest absolute Gasteiger partial charge is 0.495 e. The topological polar surface area (TPSA) is 47.0 Å². The van der Waals surface area contributed by atoms with Crippen LogP contribution >= 0.6 is 15.9 Å². The van der Waals surface area contributed by atoms with Crippen LogP contribution in [-0.4, -0.2) is 23.6 Å². The molecule has 0 spiro atoms. The average molecular weight is 336 g/mol. The summed E-state index contributed by atoms with van der Waals surface area (Å²) in [5, 5.41) is 3.48. The molecule has 2 aromatic heterocycles. The van der Waals surface area contributed by atoms with Gasteiger partial charge in [-0.3, -0.25) is 9.97 Å². The van der Waals surface area contributed by atoms with Crippen LogP contribution in [0.2, 0.25) is 0 Å². The molecule has 0 saturated heterocycles. The van der Waals surface area contributed by atoms with Gasteiger partial charge in [0.1, 0.15) is 5.75 Å². The quantitative estimate of drug-likeness (QED) is 0.880. The van der Waals surface area contributed by atoms with Crippen molar-refractivity contribution in [2.24, 2.45) is 0 Å². The monoisotopic (exact) mass is 335 g/mol. The number of pyridine rings is 2. The molecule has 0 fully saturated rings. The summed E-state index contributed by atoms with van der Waals surface area (Å²) in [7, 11) is 1.67. The van der Waals surface area contributed by atoms with Crippen molar-refractivity contribution < 1.29 is 4.74 Å². The first-order chi connectivity index (χ1) is 9.74. The van der Waals surface area contributed by atoms with Gasteiger partial charge in [0, 0.05) is 40.6 Å². The number of nitrogens with one attached hydrogen (secondary N) is 1. The molecule has 20 heavy (non-hydrogen) atoms. The molecule has 1 N–H and O–H groups in total. The van der Waals surface area contributed by atoms with E-state index in [0.717, 1.165) is 34.4 Å². The second-order valence-electron chi connectivity index (χ2n) is 4.40. The van der Waals surface area contributed by atoms with Crippen molar-refractivity contribution in [3.63, 3.8) is 0 Å². The molecule has 0 aliphatic heterocycles. The minimum Gasteiger partial charge on any atom is -0.495 e. The van der Waals surface area contributed by atoms with Crippen molar-refractivity contribution in [3.05, 3.63) is 52.5 Å². The molecule has 1 atom stereocenters. The van der Waals surface area contributed by atoms with Gasteiger partial charge in [0.15, 0.2) is 0 Å². The Bertz CT molecular complexity index is 545. The summed E-state index contributed by atoms with van der Waals surface area (Å²) in [6, 6.07) is 6.19. The molecule has 0 aromatic carbocycles. The van der Waals surface area contributed by atoms with Crippen LogP contribution < -0.4 is 10.1 Å². The van der Waals surface area contributed by atoms with Gasteiger partial charge in [0.2, 0.25) is 0 Å². The first kappa shape index (κ1) is 14.9. The number of aromatic nitrogens is 2. The van der Waals surface area contributed by atoms with Gasteiger partial charge in [-0.1, -0.05) is 6.92 Å². The Hall–Kier alpha value is -1.46. The van der Waals surface area contributed by atoms with Crippen molar-refractivity contribution in [1.29, 1.82) is 0 Å². The van der Waals surface area contributed by atoms with E-state index in [1.165, 1.54) is 0 Å². The SMILES string of the molecule is CCNC(Cc1ccc(Br)cn1)c1ccncc1OC. The van der Waals surface area contributed by atoms with Crippen molar-refractivity contribution in [3.8, 4) is 5.75 Å². The molecule has 0 bridgehead atoms. The summed E-state index contributed by atoms with van der Waals surface area (Å²) in [5.41, 5.74) is 2.15. The van der Waals surface area contributed by atoms with E-state index >= 15 is 0 Å². The molecule has 2 rings (SSSR count). The van der Waals surface area contributed by atoms with Crippen LogP contribution in [-0.2, 0) is 6.42 Å². The highest BCUT2D eigenvalue weighted by Crippen LogP contribution is 2.26. The van der Waals surface area contributed by atoms with Gasteiger partial charge in [-0.15, -0.1) is 0 Å². The molecule has 106 valence electrons. The Morgan fingerprint density at radius 2 is 2.15 bits per heavy atom. The van der Waals surface area contributed by atoms with E-state index in [4.69, 9.17) is 4.74 Å². The highest BCUT2D eigenvalue weighted by molar-refractivity contribution is 9.10. The lowest BCUT2D eigenvalue weighted by Gasteiger charge is -2.20. The van der Waals surface area contributed by atoms with Crippen LogP contribution in [0.25, 0.3) is 0 Å². The van der Waals surface area contributed by atoms with E-state index in [-0.39, 0.29) is 6.04 Å². The number of hydrogen-bond acceptors (Lipinski definition) is 4. The van der Waals surface area contributed by atoms with E-state index < -0.39 is 0 Å². The molecule has 0 radical (unpaired) electrons. The predicted octanol–water partition coefficient (Wildman–Crippen LogP) is 3.14. The van der Waals surface area contributed by atoms with Crippen LogP contribution in [0.1, 0.15) is 24.2 Å². The average Bonchev–Trinajstić information content (AvgIpc) is 2.49. The Kier molecular flexibility index (Phi) is 5.49. The van der Waals surface area contributed by atoms with Gasteiger partial charge in [-0.2, -0.15) is 0 Å². The van der Waals surface area contributed by atoms with Crippen LogP contribution in [0, 0.1) is 0 Å². The fourth-order valence-corrected chi connectivity index (χ4v) is 2.36. The number of hydrogen-bond donors (Lipinski definition) is 1. The maximum atomic E-state index is 5.40. The number of methoxy groups -OCH3 is 1. The molecule has 5 heteroatoms. The van der Waals surface area contributed by atoms with Crippen molar-refractivity contribution >= 4 is 15.9 Å². The predicted molar refractivity (Wildman–Crippen MR) is 82.8 cm³/mol. The second-order valence-corrected chi connectivity index (χ2v) is 5.32. The third-order valence-corrected chi connectivity index (χ3v) is 3.53. The maximum Gasteiger partial charge on any atom is 0.141 e. The van der Waals surface area contributed by atoms with Crippen LogP contribution in [0.15, 0.2) is 41.3 Å². The molecular weight excluding hydrogens is 318 g/mol. The Balaban J connectivity index is 2.24. The summed E-state index contributed by atoms with van der Waals surface area (Å²) in [6.45, 7) is 2.97. The van der Waals surface area contributed by atoms with Crippen molar-refractivity contribution in [2.75, 3.05) is 13.7 Å². The maximum absolute atomic E-state index is 5.40. The highest BCUT2D eigenvalue weighted by atomic mass is 79.9. The standard InChI is InChI=1S/C15H18BrN3O/c1-3-18-14(8-12-5-4-11(16)9-19-12)13-6-7-17-10-15(13)20-2/h4-7,9-10,14,18H,3,8H2,1-2H3. The number of rotatable bonds is 6. The lowest BCUT2D eigenvalue weighted by Crippen LogP contribution is -2.24. The van der Waals surface area contributed by atoms with Crippen LogP contribution in [0.3, 0.4) is 0 Å². The fraction of sp³-hybridized carbons (Fsp3) is 0.333. The molecule has 2 heterocycles. The smallest absolute Gasteiger partial charge is 0.141 e. The third kappa shape index (κ3) is 3.77. The lowest BCUT2D eigenvalue weighted by molar-refractivity contribution is 0.397. The van der Waals surface area contributed by atoms with Gasteiger partial charge >= 0.3 is 0 Å². The normalized spacial score (nSPS) is 12.2. The van der Waals surface area contributed by atoms with Gasteiger partial charge in [-0.05, 0) is 40.7 Å². The Morgan fingerprint density at radius 3 is 2.80 bits per heavy atom. The summed E-state index contributed by atoms with van der Waals surface area (Å²) in [4.78, 5) is 8.54. The summed E-state index contributed by atoms with van der Waals surface area (Å²) in [5.74, 6) is 0.801. The summed E-state index contributed by atoms with van der Waals surface area (Å²) < 4.78 is 6.39. The van der Waals surface area contributed by atoms with E-state index in [1.54, 1.807) is 19.5 Å². The minimum atomic E-state index is 0.159. The molecule has 0 aliphatic carbocycles.